The summed E-state index contributed by atoms with van der Waals surface area (Å²) in [5.41, 5.74) is 0.830. The zero-order valence-corrected chi connectivity index (χ0v) is 11.9. The number of H-pyrrole nitrogens is 1. The molecule has 0 saturated carbocycles. The first-order valence-corrected chi connectivity index (χ1v) is 6.83. The lowest BCUT2D eigenvalue weighted by atomic mass is 10.0. The molecule has 110 valence electrons. The van der Waals surface area contributed by atoms with Crippen molar-refractivity contribution in [2.75, 3.05) is 19.8 Å². The minimum absolute atomic E-state index is 0.150. The molecule has 1 fully saturated rings. The second kappa shape index (κ2) is 5.48. The van der Waals surface area contributed by atoms with Crippen molar-refractivity contribution >= 4 is 17.5 Å². The summed E-state index contributed by atoms with van der Waals surface area (Å²) in [7, 11) is 0. The molecule has 3 N–H and O–H groups in total. The first-order valence-electron chi connectivity index (χ1n) is 6.45. The van der Waals surface area contributed by atoms with Gasteiger partial charge in [0.2, 0.25) is 0 Å². The van der Waals surface area contributed by atoms with Gasteiger partial charge >= 0.3 is 0 Å². The monoisotopic (exact) mass is 307 g/mol. The van der Waals surface area contributed by atoms with E-state index in [2.05, 4.69) is 15.5 Å². The molecule has 7 heteroatoms. The van der Waals surface area contributed by atoms with Crippen LogP contribution in [0.5, 0.6) is 0 Å². The van der Waals surface area contributed by atoms with Crippen LogP contribution >= 0.6 is 11.6 Å². The van der Waals surface area contributed by atoms with Gasteiger partial charge < -0.3 is 15.2 Å². The minimum atomic E-state index is -0.953. The molecular formula is C14H14ClN3O3. The molecule has 0 bridgehead atoms. The molecule has 2 heterocycles. The molecule has 21 heavy (non-hydrogen) atoms. The van der Waals surface area contributed by atoms with Crippen LogP contribution in [-0.4, -0.2) is 46.6 Å². The second-order valence-electron chi connectivity index (χ2n) is 5.08. The third kappa shape index (κ3) is 3.07. The fraction of sp³-hybridized carbons (Fsp3) is 0.286. The lowest BCUT2D eigenvalue weighted by Gasteiger charge is -2.36. The summed E-state index contributed by atoms with van der Waals surface area (Å²) in [6.07, 6.45) is 0. The molecule has 6 nitrogen and oxygen atoms in total. The zero-order valence-electron chi connectivity index (χ0n) is 11.1. The van der Waals surface area contributed by atoms with Crippen molar-refractivity contribution in [1.29, 1.82) is 0 Å². The molecule has 1 aliphatic heterocycles. The Kier molecular flexibility index (Phi) is 3.67. The molecule has 2 aromatic rings. The topological polar surface area (TPSA) is 87.2 Å². The number of nitrogens with zero attached hydrogens (tertiary/aromatic N) is 1. The number of hydrogen-bond acceptors (Lipinski definition) is 4. The first kappa shape index (κ1) is 14.1. The van der Waals surface area contributed by atoms with Crippen LogP contribution in [0.4, 0.5) is 0 Å². The van der Waals surface area contributed by atoms with Crippen molar-refractivity contribution in [3.63, 3.8) is 0 Å². The van der Waals surface area contributed by atoms with E-state index in [0.717, 1.165) is 5.56 Å². The van der Waals surface area contributed by atoms with Gasteiger partial charge in [-0.05, 0) is 18.2 Å². The van der Waals surface area contributed by atoms with Crippen LogP contribution < -0.4 is 5.32 Å². The Morgan fingerprint density at radius 2 is 2.29 bits per heavy atom. The number of amides is 1. The van der Waals surface area contributed by atoms with Crippen LogP contribution in [0.3, 0.4) is 0 Å². The number of aromatic amines is 1. The SMILES string of the molecule is O=C(NCC1(O)COC1)c1cc(-c2cccc(Cl)c2)n[nH]1. The highest BCUT2D eigenvalue weighted by molar-refractivity contribution is 6.30. The average Bonchev–Trinajstić information content (AvgIpc) is 2.92. The number of halogens is 1. The fourth-order valence-corrected chi connectivity index (χ4v) is 2.20. The Morgan fingerprint density at radius 1 is 1.48 bits per heavy atom. The van der Waals surface area contributed by atoms with Gasteiger partial charge in [0.1, 0.15) is 11.3 Å². The Hall–Kier alpha value is -1.89. The van der Waals surface area contributed by atoms with Crippen molar-refractivity contribution in [3.8, 4) is 11.3 Å². The standard InChI is InChI=1S/C14H14ClN3O3/c15-10-3-1-2-9(4-10)11-5-12(18-17-11)13(19)16-6-14(20)7-21-8-14/h1-5,20H,6-8H2,(H,16,19)(H,17,18). The molecule has 1 saturated heterocycles. The van der Waals surface area contributed by atoms with Gasteiger partial charge in [-0.25, -0.2) is 0 Å². The summed E-state index contributed by atoms with van der Waals surface area (Å²) in [6.45, 7) is 0.630. The minimum Gasteiger partial charge on any atom is -0.383 e. The van der Waals surface area contributed by atoms with Crippen molar-refractivity contribution in [3.05, 3.63) is 41.0 Å². The number of nitrogens with one attached hydrogen (secondary N) is 2. The highest BCUT2D eigenvalue weighted by Gasteiger charge is 2.36. The van der Waals surface area contributed by atoms with Crippen molar-refractivity contribution in [2.24, 2.45) is 0 Å². The number of benzene rings is 1. The molecule has 3 rings (SSSR count). The third-order valence-electron chi connectivity index (χ3n) is 3.26. The van der Waals surface area contributed by atoms with Crippen LogP contribution in [0.2, 0.25) is 5.02 Å². The van der Waals surface area contributed by atoms with E-state index in [9.17, 15) is 9.90 Å². The predicted octanol–water partition coefficient (Wildman–Crippen LogP) is 1.22. The first-order chi connectivity index (χ1) is 10.1. The van der Waals surface area contributed by atoms with Gasteiger partial charge in [0.25, 0.3) is 5.91 Å². The predicted molar refractivity (Wildman–Crippen MR) is 77.1 cm³/mol. The summed E-state index contributed by atoms with van der Waals surface area (Å²) in [4.78, 5) is 12.0. The van der Waals surface area contributed by atoms with E-state index in [1.54, 1.807) is 18.2 Å². The molecule has 0 unspecified atom stereocenters. The normalized spacial score (nSPS) is 16.3. The van der Waals surface area contributed by atoms with E-state index in [1.807, 2.05) is 12.1 Å². The molecule has 1 aromatic heterocycles. The largest absolute Gasteiger partial charge is 0.383 e. The molecule has 0 spiro atoms. The second-order valence-corrected chi connectivity index (χ2v) is 5.51. The summed E-state index contributed by atoms with van der Waals surface area (Å²) in [5.74, 6) is -0.323. The fourth-order valence-electron chi connectivity index (χ4n) is 2.01. The Bertz CT molecular complexity index is 667. The number of rotatable bonds is 4. The highest BCUT2D eigenvalue weighted by atomic mass is 35.5. The van der Waals surface area contributed by atoms with Crippen molar-refractivity contribution < 1.29 is 14.6 Å². The highest BCUT2D eigenvalue weighted by Crippen LogP contribution is 2.21. The van der Waals surface area contributed by atoms with Gasteiger partial charge in [-0.1, -0.05) is 23.7 Å². The smallest absolute Gasteiger partial charge is 0.269 e. The number of aromatic nitrogens is 2. The molecule has 0 aliphatic carbocycles. The summed E-state index contributed by atoms with van der Waals surface area (Å²) in [6, 6.07) is 8.86. The number of hydrogen-bond donors (Lipinski definition) is 3. The van der Waals surface area contributed by atoms with Crippen LogP contribution in [-0.2, 0) is 4.74 Å². The molecule has 1 aliphatic rings. The van der Waals surface area contributed by atoms with Crippen molar-refractivity contribution in [2.45, 2.75) is 5.60 Å². The van der Waals surface area contributed by atoms with Crippen LogP contribution in [0.25, 0.3) is 11.3 Å². The maximum atomic E-state index is 12.0. The van der Waals surface area contributed by atoms with E-state index < -0.39 is 5.60 Å². The molecular weight excluding hydrogens is 294 g/mol. The Labute approximate surface area is 126 Å². The van der Waals surface area contributed by atoms with Gasteiger partial charge in [0, 0.05) is 10.6 Å². The van der Waals surface area contributed by atoms with Gasteiger partial charge in [0.05, 0.1) is 25.5 Å². The van der Waals surface area contributed by atoms with E-state index in [4.69, 9.17) is 16.3 Å². The summed E-state index contributed by atoms with van der Waals surface area (Å²) < 4.78 is 4.92. The van der Waals surface area contributed by atoms with Crippen LogP contribution in [0, 0.1) is 0 Å². The summed E-state index contributed by atoms with van der Waals surface area (Å²) in [5, 5.41) is 19.9. The molecule has 0 radical (unpaired) electrons. The van der Waals surface area contributed by atoms with E-state index in [1.165, 1.54) is 0 Å². The lowest BCUT2D eigenvalue weighted by molar-refractivity contribution is -0.173. The summed E-state index contributed by atoms with van der Waals surface area (Å²) >= 11 is 5.93. The maximum absolute atomic E-state index is 12.0. The van der Waals surface area contributed by atoms with Crippen molar-refractivity contribution in [1.82, 2.24) is 15.5 Å². The quantitative estimate of drug-likeness (QED) is 0.792. The number of ether oxygens (including phenoxy) is 1. The van der Waals surface area contributed by atoms with E-state index in [0.29, 0.717) is 16.4 Å². The number of carbonyl (C=O) groups excluding carboxylic acids is 1. The Morgan fingerprint density at radius 3 is 2.95 bits per heavy atom. The van der Waals surface area contributed by atoms with E-state index >= 15 is 0 Å². The third-order valence-corrected chi connectivity index (χ3v) is 3.50. The molecule has 1 amide bonds. The molecule has 0 atom stereocenters. The van der Waals surface area contributed by atoms with Crippen LogP contribution in [0.1, 0.15) is 10.5 Å². The van der Waals surface area contributed by atoms with Crippen LogP contribution in [0.15, 0.2) is 30.3 Å². The lowest BCUT2D eigenvalue weighted by Crippen LogP contribution is -2.56. The number of aliphatic hydroxyl groups is 1. The zero-order chi connectivity index (χ0) is 14.9. The Balaban J connectivity index is 1.68. The molecule has 1 aromatic carbocycles. The maximum Gasteiger partial charge on any atom is 0.269 e. The number of carbonyl (C=O) groups is 1. The van der Waals surface area contributed by atoms with Gasteiger partial charge in [-0.3, -0.25) is 9.89 Å². The van der Waals surface area contributed by atoms with E-state index in [-0.39, 0.29) is 25.7 Å². The van der Waals surface area contributed by atoms with Gasteiger partial charge in [-0.15, -0.1) is 0 Å². The van der Waals surface area contributed by atoms with Gasteiger partial charge in [0.15, 0.2) is 0 Å². The average molecular weight is 308 g/mol. The van der Waals surface area contributed by atoms with Gasteiger partial charge in [-0.2, -0.15) is 5.10 Å².